The Morgan fingerprint density at radius 3 is 2.57 bits per heavy atom. The third-order valence-corrected chi connectivity index (χ3v) is 2.49. The first-order valence-corrected chi connectivity index (χ1v) is 6.67. The monoisotopic (exact) mass is 280 g/mol. The number of fused-ring (bicyclic) bond motifs is 2. The summed E-state index contributed by atoms with van der Waals surface area (Å²) >= 11 is 0. The van der Waals surface area contributed by atoms with Crippen LogP contribution < -0.4 is 0 Å². The molecule has 0 aromatic carbocycles. The van der Waals surface area contributed by atoms with Crippen LogP contribution in [-0.2, 0) is 0 Å². The molecule has 0 fully saturated rings. The van der Waals surface area contributed by atoms with Gasteiger partial charge in [-0.15, -0.1) is 0 Å². The zero-order valence-corrected chi connectivity index (χ0v) is 12.0. The lowest BCUT2D eigenvalue weighted by molar-refractivity contribution is 0.921. The van der Waals surface area contributed by atoms with Crippen molar-refractivity contribution in [1.82, 2.24) is 29.5 Å². The van der Waals surface area contributed by atoms with Crippen LogP contribution in [0.3, 0.4) is 0 Å². The first kappa shape index (κ1) is 14.5. The molecule has 0 saturated heterocycles. The quantitative estimate of drug-likeness (QED) is 0.495. The molecule has 4 rings (SSSR count). The molecular weight excluding hydrogens is 264 g/mol. The zero-order valence-electron chi connectivity index (χ0n) is 12.0. The van der Waals surface area contributed by atoms with E-state index in [2.05, 4.69) is 25.0 Å². The Hall–Kier alpha value is -2.89. The first-order chi connectivity index (χ1) is 10.4. The van der Waals surface area contributed by atoms with Crippen LogP contribution in [0, 0.1) is 0 Å². The summed E-state index contributed by atoms with van der Waals surface area (Å²) in [6.45, 7) is 4.00. The van der Waals surface area contributed by atoms with Crippen LogP contribution in [0.25, 0.3) is 16.6 Å². The molecule has 0 amide bonds. The second-order valence-corrected chi connectivity index (χ2v) is 3.72. The van der Waals surface area contributed by atoms with E-state index in [1.165, 1.54) is 6.33 Å². The minimum absolute atomic E-state index is 0.748. The van der Waals surface area contributed by atoms with Gasteiger partial charge in [0, 0.05) is 24.0 Å². The summed E-state index contributed by atoms with van der Waals surface area (Å²) in [6.07, 6.45) is 10.1. The number of aromatic nitrogens is 6. The second kappa shape index (κ2) is 7.64. The van der Waals surface area contributed by atoms with Gasteiger partial charge in [0.15, 0.2) is 5.65 Å². The summed E-state index contributed by atoms with van der Waals surface area (Å²) in [4.78, 5) is 15.7. The van der Waals surface area contributed by atoms with Gasteiger partial charge in [-0.1, -0.05) is 13.8 Å². The molecule has 0 spiro atoms. The van der Waals surface area contributed by atoms with Gasteiger partial charge in [-0.2, -0.15) is 5.10 Å². The summed E-state index contributed by atoms with van der Waals surface area (Å²) in [7, 11) is 0. The van der Waals surface area contributed by atoms with Gasteiger partial charge in [0.25, 0.3) is 0 Å². The van der Waals surface area contributed by atoms with Crippen molar-refractivity contribution in [2.24, 2.45) is 0 Å². The van der Waals surface area contributed by atoms with E-state index in [-0.39, 0.29) is 0 Å². The Balaban J connectivity index is 0.000000138. The van der Waals surface area contributed by atoms with Crippen LogP contribution >= 0.6 is 0 Å². The van der Waals surface area contributed by atoms with Crippen LogP contribution in [-0.4, -0.2) is 29.5 Å². The highest BCUT2D eigenvalue weighted by Gasteiger charge is 1.89. The maximum absolute atomic E-state index is 4.03. The molecule has 0 aliphatic rings. The molecule has 6 heteroatoms. The number of nitrogens with zero attached hydrogens (tertiary/aromatic N) is 6. The van der Waals surface area contributed by atoms with E-state index in [4.69, 9.17) is 0 Å². The highest BCUT2D eigenvalue weighted by molar-refractivity contribution is 5.72. The standard InChI is InChI=1S/C7H5N3.C6H5N3.C2H6/c1-2-6-4-8-5-10-7(6)9-3-1;1-3-7-5-9-6(1)2-4-8-9;1-2/h1-5H;1-5H;1-2H3. The fourth-order valence-electron chi connectivity index (χ4n) is 1.59. The lowest BCUT2D eigenvalue weighted by atomic mass is 10.3. The molecule has 0 aliphatic carbocycles. The Labute approximate surface area is 122 Å². The topological polar surface area (TPSA) is 68.9 Å². The summed E-state index contributed by atoms with van der Waals surface area (Å²) in [5.41, 5.74) is 1.82. The van der Waals surface area contributed by atoms with Crippen molar-refractivity contribution in [2.45, 2.75) is 13.8 Å². The number of rotatable bonds is 0. The third-order valence-electron chi connectivity index (χ3n) is 2.49. The smallest absolute Gasteiger partial charge is 0.162 e. The van der Waals surface area contributed by atoms with E-state index in [0.29, 0.717) is 0 Å². The van der Waals surface area contributed by atoms with E-state index in [1.54, 1.807) is 35.6 Å². The molecule has 4 heterocycles. The normalized spacial score (nSPS) is 9.43. The van der Waals surface area contributed by atoms with E-state index in [1.807, 2.05) is 38.1 Å². The number of pyridine rings is 1. The zero-order chi connectivity index (χ0) is 14.9. The molecule has 0 atom stereocenters. The number of hydrogen-bond donors (Lipinski definition) is 0. The highest BCUT2D eigenvalue weighted by Crippen LogP contribution is 2.02. The van der Waals surface area contributed by atoms with Gasteiger partial charge < -0.3 is 0 Å². The van der Waals surface area contributed by atoms with Gasteiger partial charge in [0.1, 0.15) is 12.7 Å². The van der Waals surface area contributed by atoms with Crippen LogP contribution in [0.1, 0.15) is 13.8 Å². The molecule has 0 unspecified atom stereocenters. The predicted molar refractivity (Wildman–Crippen MR) is 81.7 cm³/mol. The maximum Gasteiger partial charge on any atom is 0.162 e. The molecule has 0 bridgehead atoms. The van der Waals surface area contributed by atoms with Gasteiger partial charge in [0.05, 0.1) is 11.7 Å². The molecule has 4 aromatic heterocycles. The number of hydrogen-bond acceptors (Lipinski definition) is 5. The first-order valence-electron chi connectivity index (χ1n) is 6.67. The third kappa shape index (κ3) is 3.79. The molecule has 106 valence electrons. The lowest BCUT2D eigenvalue weighted by Crippen LogP contribution is -1.85. The fraction of sp³-hybridized carbons (Fsp3) is 0.133. The Morgan fingerprint density at radius 1 is 0.905 bits per heavy atom. The van der Waals surface area contributed by atoms with E-state index in [0.717, 1.165) is 16.6 Å². The summed E-state index contributed by atoms with van der Waals surface area (Å²) in [6, 6.07) is 7.64. The van der Waals surface area contributed by atoms with Crippen molar-refractivity contribution in [1.29, 1.82) is 0 Å². The second-order valence-electron chi connectivity index (χ2n) is 3.72. The van der Waals surface area contributed by atoms with E-state index >= 15 is 0 Å². The maximum atomic E-state index is 4.03. The SMILES string of the molecule is CC.c1cc2ccnn2cn1.c1cnc2ncncc2c1. The minimum atomic E-state index is 0.748. The van der Waals surface area contributed by atoms with Crippen molar-refractivity contribution in [3.63, 3.8) is 0 Å². The van der Waals surface area contributed by atoms with Crippen molar-refractivity contribution in [3.05, 3.63) is 61.7 Å². The molecule has 0 saturated carbocycles. The van der Waals surface area contributed by atoms with Crippen LogP contribution in [0.2, 0.25) is 0 Å². The van der Waals surface area contributed by atoms with Crippen molar-refractivity contribution in [2.75, 3.05) is 0 Å². The van der Waals surface area contributed by atoms with Crippen LogP contribution in [0.15, 0.2) is 61.7 Å². The van der Waals surface area contributed by atoms with Gasteiger partial charge in [0.2, 0.25) is 0 Å². The highest BCUT2D eigenvalue weighted by atomic mass is 15.2. The van der Waals surface area contributed by atoms with Crippen molar-refractivity contribution < 1.29 is 0 Å². The largest absolute Gasteiger partial charge is 0.245 e. The molecule has 0 radical (unpaired) electrons. The Kier molecular flexibility index (Phi) is 5.28. The van der Waals surface area contributed by atoms with Gasteiger partial charge in [-0.3, -0.25) is 0 Å². The average Bonchev–Trinajstić information content (AvgIpc) is 3.06. The molecule has 0 aliphatic heterocycles. The van der Waals surface area contributed by atoms with Gasteiger partial charge in [-0.05, 0) is 24.3 Å². The molecule has 21 heavy (non-hydrogen) atoms. The summed E-state index contributed by atoms with van der Waals surface area (Å²) in [5.74, 6) is 0. The average molecular weight is 280 g/mol. The van der Waals surface area contributed by atoms with Crippen molar-refractivity contribution in [3.8, 4) is 0 Å². The van der Waals surface area contributed by atoms with Gasteiger partial charge in [-0.25, -0.2) is 24.5 Å². The van der Waals surface area contributed by atoms with E-state index < -0.39 is 0 Å². The van der Waals surface area contributed by atoms with E-state index in [9.17, 15) is 0 Å². The summed E-state index contributed by atoms with van der Waals surface area (Å²) < 4.78 is 1.72. The molecule has 4 aromatic rings. The fourth-order valence-corrected chi connectivity index (χ4v) is 1.59. The lowest BCUT2D eigenvalue weighted by Gasteiger charge is -1.89. The molecule has 0 N–H and O–H groups in total. The Morgan fingerprint density at radius 2 is 1.76 bits per heavy atom. The van der Waals surface area contributed by atoms with Crippen LogP contribution in [0.4, 0.5) is 0 Å². The molecule has 6 nitrogen and oxygen atoms in total. The summed E-state index contributed by atoms with van der Waals surface area (Å²) in [5, 5.41) is 4.95. The minimum Gasteiger partial charge on any atom is -0.245 e. The van der Waals surface area contributed by atoms with Crippen LogP contribution in [0.5, 0.6) is 0 Å². The van der Waals surface area contributed by atoms with Gasteiger partial charge >= 0.3 is 0 Å². The predicted octanol–water partition coefficient (Wildman–Crippen LogP) is 2.78. The molecular formula is C15H16N6. The van der Waals surface area contributed by atoms with Crippen molar-refractivity contribution >= 4 is 16.6 Å². The Bertz CT molecular complexity index is 700.